The van der Waals surface area contributed by atoms with E-state index in [4.69, 9.17) is 11.6 Å². The normalized spacial score (nSPS) is 10.6. The number of hydrogen-bond donors (Lipinski definition) is 1. The molecule has 1 N–H and O–H groups in total. The fourth-order valence-corrected chi connectivity index (χ4v) is 2.27. The molecule has 1 aromatic heterocycles. The van der Waals surface area contributed by atoms with Gasteiger partial charge in [-0.3, -0.25) is 4.79 Å². The summed E-state index contributed by atoms with van der Waals surface area (Å²) >= 11 is 6.15. The van der Waals surface area contributed by atoms with E-state index in [1.807, 2.05) is 18.2 Å². The molecule has 112 valence electrons. The van der Waals surface area contributed by atoms with Gasteiger partial charge in [0.2, 0.25) is 0 Å². The summed E-state index contributed by atoms with van der Waals surface area (Å²) < 4.78 is 1.42. The predicted octanol–water partition coefficient (Wildman–Crippen LogP) is 3.62. The Hall–Kier alpha value is -1.81. The van der Waals surface area contributed by atoms with Gasteiger partial charge >= 0.3 is 0 Å². The first-order valence-corrected chi connectivity index (χ1v) is 7.55. The molecule has 0 radical (unpaired) electrons. The number of benzene rings is 1. The summed E-state index contributed by atoms with van der Waals surface area (Å²) in [6.45, 7) is 5.35. The lowest BCUT2D eigenvalue weighted by Crippen LogP contribution is -2.24. The Balaban J connectivity index is 2.13. The molecule has 0 fully saturated rings. The van der Waals surface area contributed by atoms with E-state index in [1.54, 1.807) is 6.20 Å². The van der Waals surface area contributed by atoms with E-state index < -0.39 is 0 Å². The predicted molar refractivity (Wildman–Crippen MR) is 86.9 cm³/mol. The Labute approximate surface area is 129 Å². The second kappa shape index (κ2) is 7.27. The third-order valence-corrected chi connectivity index (χ3v) is 3.80. The Bertz CT molecular complexity index is 667. The largest absolute Gasteiger partial charge is 0.378 e. The number of aryl methyl sites for hydroxylation is 2. The highest BCUT2D eigenvalue weighted by atomic mass is 35.5. The minimum Gasteiger partial charge on any atom is -0.378 e. The minimum atomic E-state index is -0.236. The van der Waals surface area contributed by atoms with Crippen molar-refractivity contribution >= 4 is 17.3 Å². The van der Waals surface area contributed by atoms with Crippen molar-refractivity contribution in [1.82, 2.24) is 9.78 Å². The molecule has 5 heteroatoms. The molecular weight excluding hydrogens is 286 g/mol. The topological polar surface area (TPSA) is 46.9 Å². The Morgan fingerprint density at radius 3 is 2.81 bits per heavy atom. The van der Waals surface area contributed by atoms with Crippen molar-refractivity contribution in [3.05, 3.63) is 57.0 Å². The molecule has 0 saturated carbocycles. The summed E-state index contributed by atoms with van der Waals surface area (Å²) in [6, 6.07) is 8.10. The van der Waals surface area contributed by atoms with Crippen LogP contribution in [0.25, 0.3) is 0 Å². The van der Waals surface area contributed by atoms with Crippen LogP contribution in [0.15, 0.2) is 35.3 Å². The van der Waals surface area contributed by atoms with Crippen molar-refractivity contribution in [2.24, 2.45) is 0 Å². The van der Waals surface area contributed by atoms with Crippen LogP contribution in [-0.2, 0) is 13.1 Å². The standard InChI is InChI=1S/C16H20ClN3O/c1-3-4-9-20-16(21)15(17)14(11-19-20)18-10-13-8-6-5-7-12(13)2/h5-8,11,18H,3-4,9-10H2,1-2H3. The zero-order valence-corrected chi connectivity index (χ0v) is 13.2. The zero-order valence-electron chi connectivity index (χ0n) is 12.4. The summed E-state index contributed by atoms with van der Waals surface area (Å²) in [6.07, 6.45) is 3.55. The molecule has 1 aromatic carbocycles. The number of nitrogens with zero attached hydrogens (tertiary/aromatic N) is 2. The molecule has 0 atom stereocenters. The third-order valence-electron chi connectivity index (χ3n) is 3.44. The quantitative estimate of drug-likeness (QED) is 0.886. The minimum absolute atomic E-state index is 0.203. The maximum absolute atomic E-state index is 12.1. The third kappa shape index (κ3) is 3.85. The molecule has 1 heterocycles. The Morgan fingerprint density at radius 1 is 1.33 bits per heavy atom. The van der Waals surface area contributed by atoms with Crippen molar-refractivity contribution in [2.45, 2.75) is 39.8 Å². The van der Waals surface area contributed by atoms with Gasteiger partial charge in [-0.15, -0.1) is 0 Å². The fraction of sp³-hybridized carbons (Fsp3) is 0.375. The molecule has 0 aliphatic carbocycles. The lowest BCUT2D eigenvalue weighted by molar-refractivity contribution is 0.543. The van der Waals surface area contributed by atoms with Crippen molar-refractivity contribution in [2.75, 3.05) is 5.32 Å². The number of aromatic nitrogens is 2. The van der Waals surface area contributed by atoms with Crippen molar-refractivity contribution in [3.8, 4) is 0 Å². The molecular formula is C16H20ClN3O. The van der Waals surface area contributed by atoms with Gasteiger partial charge in [0, 0.05) is 13.1 Å². The molecule has 0 aliphatic rings. The molecule has 0 aliphatic heterocycles. The van der Waals surface area contributed by atoms with Crippen LogP contribution < -0.4 is 10.9 Å². The molecule has 21 heavy (non-hydrogen) atoms. The molecule has 0 saturated heterocycles. The molecule has 2 aromatic rings. The molecule has 4 nitrogen and oxygen atoms in total. The molecule has 0 bridgehead atoms. The van der Waals surface area contributed by atoms with Gasteiger partial charge in [-0.05, 0) is 24.5 Å². The smallest absolute Gasteiger partial charge is 0.287 e. The van der Waals surface area contributed by atoms with Crippen molar-refractivity contribution < 1.29 is 0 Å². The SMILES string of the molecule is CCCCn1ncc(NCc2ccccc2C)c(Cl)c1=O. The molecule has 0 spiro atoms. The number of nitrogens with one attached hydrogen (secondary N) is 1. The van der Waals surface area contributed by atoms with E-state index in [0.29, 0.717) is 18.8 Å². The lowest BCUT2D eigenvalue weighted by atomic mass is 10.1. The van der Waals surface area contributed by atoms with Crippen molar-refractivity contribution in [3.63, 3.8) is 0 Å². The number of unbranched alkanes of at least 4 members (excludes halogenated alkanes) is 1. The zero-order chi connectivity index (χ0) is 15.2. The first-order chi connectivity index (χ1) is 10.1. The van der Waals surface area contributed by atoms with Gasteiger partial charge in [-0.1, -0.05) is 49.2 Å². The van der Waals surface area contributed by atoms with Crippen LogP contribution in [0.3, 0.4) is 0 Å². The summed E-state index contributed by atoms with van der Waals surface area (Å²) in [4.78, 5) is 12.1. The van der Waals surface area contributed by atoms with Crippen LogP contribution in [0.5, 0.6) is 0 Å². The van der Waals surface area contributed by atoms with Gasteiger partial charge in [-0.25, -0.2) is 4.68 Å². The second-order valence-corrected chi connectivity index (χ2v) is 5.41. The van der Waals surface area contributed by atoms with E-state index in [2.05, 4.69) is 30.3 Å². The first-order valence-electron chi connectivity index (χ1n) is 7.17. The second-order valence-electron chi connectivity index (χ2n) is 5.03. The summed E-state index contributed by atoms with van der Waals surface area (Å²) in [5.41, 5.74) is 2.71. The number of rotatable bonds is 6. The highest BCUT2D eigenvalue weighted by Gasteiger charge is 2.09. The Kier molecular flexibility index (Phi) is 5.39. The van der Waals surface area contributed by atoms with Gasteiger partial charge in [-0.2, -0.15) is 5.10 Å². The maximum Gasteiger partial charge on any atom is 0.287 e. The van der Waals surface area contributed by atoms with Crippen molar-refractivity contribution in [1.29, 1.82) is 0 Å². The monoisotopic (exact) mass is 305 g/mol. The van der Waals surface area contributed by atoms with Gasteiger partial charge in [0.25, 0.3) is 5.56 Å². The van der Waals surface area contributed by atoms with Crippen LogP contribution in [0.1, 0.15) is 30.9 Å². The average molecular weight is 306 g/mol. The molecule has 0 unspecified atom stereocenters. The summed E-state index contributed by atoms with van der Waals surface area (Å²) in [5.74, 6) is 0. The van der Waals surface area contributed by atoms with Gasteiger partial charge in [0.15, 0.2) is 0 Å². The number of halogens is 1. The van der Waals surface area contributed by atoms with Crippen LogP contribution in [0.4, 0.5) is 5.69 Å². The van der Waals surface area contributed by atoms with Gasteiger partial charge in [0.05, 0.1) is 11.9 Å². The lowest BCUT2D eigenvalue weighted by Gasteiger charge is -2.11. The first kappa shape index (κ1) is 15.6. The maximum atomic E-state index is 12.1. The fourth-order valence-electron chi connectivity index (χ4n) is 2.05. The number of hydrogen-bond acceptors (Lipinski definition) is 3. The number of anilines is 1. The Morgan fingerprint density at radius 2 is 2.10 bits per heavy atom. The summed E-state index contributed by atoms with van der Waals surface area (Å²) in [5, 5.41) is 7.56. The van der Waals surface area contributed by atoms with E-state index in [1.165, 1.54) is 15.8 Å². The van der Waals surface area contributed by atoms with Gasteiger partial charge in [0.1, 0.15) is 5.02 Å². The molecule has 0 amide bonds. The van der Waals surface area contributed by atoms with Crippen LogP contribution in [0.2, 0.25) is 5.02 Å². The summed E-state index contributed by atoms with van der Waals surface area (Å²) in [7, 11) is 0. The highest BCUT2D eigenvalue weighted by molar-refractivity contribution is 6.32. The van der Waals surface area contributed by atoms with E-state index in [0.717, 1.165) is 12.8 Å². The average Bonchev–Trinajstić information content (AvgIpc) is 2.49. The van der Waals surface area contributed by atoms with Crippen LogP contribution >= 0.6 is 11.6 Å². The van der Waals surface area contributed by atoms with E-state index in [9.17, 15) is 4.79 Å². The van der Waals surface area contributed by atoms with Gasteiger partial charge < -0.3 is 5.32 Å². The van der Waals surface area contributed by atoms with Crippen LogP contribution in [0, 0.1) is 6.92 Å². The highest BCUT2D eigenvalue weighted by Crippen LogP contribution is 2.17. The molecule has 2 rings (SSSR count). The van der Waals surface area contributed by atoms with E-state index in [-0.39, 0.29) is 10.6 Å². The van der Waals surface area contributed by atoms with Crippen LogP contribution in [-0.4, -0.2) is 9.78 Å². The van der Waals surface area contributed by atoms with E-state index >= 15 is 0 Å².